The standard InChI is InChI=1S/C22H27BrN2O6/c1-4-30-21(29)15-16-20(28)25(7-8-26)18(22(16)10-13(23)17(15)31-22)19(27)24-14-9-11(2)5-6-12(14)3/h5-6,9,13,15-18,26H,4,7-8,10H2,1-3H3,(H,24,27)/t13?,15-,16-,17-,18?,22?/m0/s1. The molecule has 0 aromatic heterocycles. The number of rotatable bonds is 6. The third-order valence-electron chi connectivity index (χ3n) is 6.59. The number of hydrogen-bond acceptors (Lipinski definition) is 6. The Kier molecular flexibility index (Phi) is 5.87. The van der Waals surface area contributed by atoms with Gasteiger partial charge >= 0.3 is 5.97 Å². The van der Waals surface area contributed by atoms with Crippen LogP contribution in [0, 0.1) is 25.7 Å². The number of amides is 2. The maximum Gasteiger partial charge on any atom is 0.312 e. The highest BCUT2D eigenvalue weighted by Crippen LogP contribution is 2.60. The van der Waals surface area contributed by atoms with Gasteiger partial charge in [-0.25, -0.2) is 0 Å². The Hall–Kier alpha value is -1.97. The molecule has 0 radical (unpaired) electrons. The quantitative estimate of drug-likeness (QED) is 0.459. The third kappa shape index (κ3) is 3.37. The largest absolute Gasteiger partial charge is 0.466 e. The molecule has 3 saturated heterocycles. The number of benzene rings is 1. The lowest BCUT2D eigenvalue weighted by molar-refractivity contribution is -0.154. The summed E-state index contributed by atoms with van der Waals surface area (Å²) in [6, 6.07) is 4.79. The van der Waals surface area contributed by atoms with Crippen LogP contribution in [0.3, 0.4) is 0 Å². The highest BCUT2D eigenvalue weighted by Gasteiger charge is 2.76. The van der Waals surface area contributed by atoms with Gasteiger partial charge in [0.15, 0.2) is 0 Å². The number of aliphatic hydroxyl groups is 1. The van der Waals surface area contributed by atoms with Crippen molar-refractivity contribution in [2.45, 2.75) is 49.8 Å². The van der Waals surface area contributed by atoms with Gasteiger partial charge in [0.05, 0.1) is 31.2 Å². The Bertz CT molecular complexity index is 923. The van der Waals surface area contributed by atoms with E-state index in [1.165, 1.54) is 4.90 Å². The van der Waals surface area contributed by atoms with Gasteiger partial charge in [0.25, 0.3) is 0 Å². The summed E-state index contributed by atoms with van der Waals surface area (Å²) in [6.45, 7) is 5.42. The molecule has 2 N–H and O–H groups in total. The van der Waals surface area contributed by atoms with Crippen LogP contribution in [-0.2, 0) is 23.9 Å². The molecule has 9 heteroatoms. The van der Waals surface area contributed by atoms with Crippen molar-refractivity contribution in [1.82, 2.24) is 4.90 Å². The van der Waals surface area contributed by atoms with Crippen molar-refractivity contribution in [2.75, 3.05) is 25.1 Å². The molecular formula is C22H27BrN2O6. The topological polar surface area (TPSA) is 105 Å². The number of nitrogens with one attached hydrogen (secondary N) is 1. The van der Waals surface area contributed by atoms with E-state index in [0.717, 1.165) is 11.1 Å². The van der Waals surface area contributed by atoms with Crippen molar-refractivity contribution in [1.29, 1.82) is 0 Å². The molecule has 8 nitrogen and oxygen atoms in total. The van der Waals surface area contributed by atoms with Crippen LogP contribution in [-0.4, -0.2) is 70.1 Å². The lowest BCUT2D eigenvalue weighted by atomic mass is 9.70. The summed E-state index contributed by atoms with van der Waals surface area (Å²) >= 11 is 3.59. The predicted octanol–water partition coefficient (Wildman–Crippen LogP) is 1.55. The number of β-amino-alcohol motifs (C(OH)–C–C–N with tert-alkyl or cyclic N) is 1. The molecule has 3 aliphatic rings. The molecule has 0 saturated carbocycles. The number of anilines is 1. The van der Waals surface area contributed by atoms with E-state index in [-0.39, 0.29) is 36.4 Å². The van der Waals surface area contributed by atoms with Gasteiger partial charge in [0, 0.05) is 17.1 Å². The monoisotopic (exact) mass is 494 g/mol. The Morgan fingerprint density at radius 3 is 2.81 bits per heavy atom. The molecule has 31 heavy (non-hydrogen) atoms. The maximum absolute atomic E-state index is 13.5. The minimum absolute atomic E-state index is 0.0154. The van der Waals surface area contributed by atoms with Gasteiger partial charge in [-0.1, -0.05) is 28.1 Å². The Labute approximate surface area is 189 Å². The zero-order valence-electron chi connectivity index (χ0n) is 17.8. The molecule has 168 valence electrons. The van der Waals surface area contributed by atoms with E-state index >= 15 is 0 Å². The molecule has 3 unspecified atom stereocenters. The average Bonchev–Trinajstić information content (AvgIpc) is 3.29. The number of carbonyl (C=O) groups excluding carboxylic acids is 3. The number of fused-ring (bicyclic) bond motifs is 1. The van der Waals surface area contributed by atoms with Gasteiger partial charge in [-0.05, 0) is 44.4 Å². The van der Waals surface area contributed by atoms with Gasteiger partial charge in [0.1, 0.15) is 11.6 Å². The van der Waals surface area contributed by atoms with Crippen molar-refractivity contribution in [3.05, 3.63) is 29.3 Å². The first kappa shape index (κ1) is 22.2. The summed E-state index contributed by atoms with van der Waals surface area (Å²) in [7, 11) is 0. The molecule has 3 fully saturated rings. The summed E-state index contributed by atoms with van der Waals surface area (Å²) in [5.74, 6) is -2.83. The van der Waals surface area contributed by atoms with E-state index in [2.05, 4.69) is 21.2 Å². The number of nitrogens with zero attached hydrogens (tertiary/aromatic N) is 1. The van der Waals surface area contributed by atoms with Gasteiger partial charge in [0.2, 0.25) is 11.8 Å². The van der Waals surface area contributed by atoms with Gasteiger partial charge in [-0.15, -0.1) is 0 Å². The second kappa shape index (κ2) is 8.18. The highest BCUT2D eigenvalue weighted by atomic mass is 79.9. The average molecular weight is 495 g/mol. The zero-order chi connectivity index (χ0) is 22.5. The van der Waals surface area contributed by atoms with Gasteiger partial charge < -0.3 is 24.8 Å². The van der Waals surface area contributed by atoms with Crippen molar-refractivity contribution in [3.63, 3.8) is 0 Å². The van der Waals surface area contributed by atoms with Gasteiger partial charge in [-0.3, -0.25) is 14.4 Å². The van der Waals surface area contributed by atoms with Crippen LogP contribution in [0.25, 0.3) is 0 Å². The second-order valence-corrected chi connectivity index (χ2v) is 9.65. The van der Waals surface area contributed by atoms with E-state index in [4.69, 9.17) is 9.47 Å². The molecule has 1 spiro atoms. The number of aliphatic hydroxyl groups excluding tert-OH is 1. The molecule has 3 heterocycles. The lowest BCUT2D eigenvalue weighted by Crippen LogP contribution is -2.54. The number of carbonyl (C=O) groups is 3. The third-order valence-corrected chi connectivity index (χ3v) is 7.43. The van der Waals surface area contributed by atoms with E-state index < -0.39 is 35.6 Å². The van der Waals surface area contributed by atoms with Crippen molar-refractivity contribution < 1.29 is 29.0 Å². The Balaban J connectivity index is 1.72. The summed E-state index contributed by atoms with van der Waals surface area (Å²) in [4.78, 5) is 40.9. The number of hydrogen-bond donors (Lipinski definition) is 2. The summed E-state index contributed by atoms with van der Waals surface area (Å²) in [5, 5.41) is 12.5. The first-order valence-corrected chi connectivity index (χ1v) is 11.4. The zero-order valence-corrected chi connectivity index (χ0v) is 19.3. The number of alkyl halides is 1. The van der Waals surface area contributed by atoms with E-state index in [0.29, 0.717) is 12.1 Å². The fourth-order valence-corrected chi connectivity index (χ4v) is 6.30. The van der Waals surface area contributed by atoms with E-state index in [1.54, 1.807) is 6.92 Å². The Morgan fingerprint density at radius 1 is 1.39 bits per heavy atom. The fraction of sp³-hybridized carbons (Fsp3) is 0.591. The fourth-order valence-electron chi connectivity index (χ4n) is 5.36. The van der Waals surface area contributed by atoms with Crippen LogP contribution in [0.5, 0.6) is 0 Å². The second-order valence-electron chi connectivity index (χ2n) is 8.48. The smallest absolute Gasteiger partial charge is 0.312 e. The molecule has 3 aliphatic heterocycles. The molecule has 4 rings (SSSR count). The minimum atomic E-state index is -1.15. The Morgan fingerprint density at radius 2 is 2.13 bits per heavy atom. The number of ether oxygens (including phenoxy) is 2. The van der Waals surface area contributed by atoms with E-state index in [9.17, 15) is 19.5 Å². The number of esters is 1. The van der Waals surface area contributed by atoms with Crippen LogP contribution < -0.4 is 5.32 Å². The maximum atomic E-state index is 13.5. The number of likely N-dealkylation sites (tertiary alicyclic amines) is 1. The van der Waals surface area contributed by atoms with Crippen LogP contribution >= 0.6 is 15.9 Å². The molecule has 1 aromatic carbocycles. The van der Waals surface area contributed by atoms with Gasteiger partial charge in [-0.2, -0.15) is 0 Å². The van der Waals surface area contributed by atoms with Crippen LogP contribution in [0.15, 0.2) is 18.2 Å². The summed E-state index contributed by atoms with van der Waals surface area (Å²) in [5.41, 5.74) is 1.40. The SMILES string of the molecule is CCOC(=O)[C@H]1[C@H]2C(=O)N(CCO)C(C(=O)Nc3cc(C)ccc3C)C23CC(Br)[C@@H]1O3. The summed E-state index contributed by atoms with van der Waals surface area (Å²) in [6.07, 6.45) is -0.128. The highest BCUT2D eigenvalue weighted by molar-refractivity contribution is 9.09. The molecule has 6 atom stereocenters. The lowest BCUT2D eigenvalue weighted by Gasteiger charge is -2.34. The van der Waals surface area contributed by atoms with Crippen LogP contribution in [0.1, 0.15) is 24.5 Å². The first-order chi connectivity index (χ1) is 14.7. The first-order valence-electron chi connectivity index (χ1n) is 10.5. The van der Waals surface area contributed by atoms with Crippen molar-refractivity contribution in [2.24, 2.45) is 11.8 Å². The molecular weight excluding hydrogens is 468 g/mol. The van der Waals surface area contributed by atoms with E-state index in [1.807, 2.05) is 32.0 Å². The molecule has 1 aromatic rings. The van der Waals surface area contributed by atoms with Crippen molar-refractivity contribution >= 4 is 39.4 Å². The van der Waals surface area contributed by atoms with Crippen molar-refractivity contribution in [3.8, 4) is 0 Å². The molecule has 2 bridgehead atoms. The number of aryl methyl sites for hydroxylation is 2. The minimum Gasteiger partial charge on any atom is -0.466 e. The normalized spacial score (nSPS) is 33.5. The summed E-state index contributed by atoms with van der Waals surface area (Å²) < 4.78 is 11.5. The molecule has 0 aliphatic carbocycles. The predicted molar refractivity (Wildman–Crippen MR) is 116 cm³/mol. The number of halogens is 1. The molecule has 2 amide bonds. The van der Waals surface area contributed by atoms with Crippen LogP contribution in [0.2, 0.25) is 0 Å². The van der Waals surface area contributed by atoms with Crippen LogP contribution in [0.4, 0.5) is 5.69 Å².